The van der Waals surface area contributed by atoms with Gasteiger partial charge in [-0.15, -0.1) is 0 Å². The molecular formula is C6H7BO2. The highest BCUT2D eigenvalue weighted by Gasteiger charge is 2.15. The highest BCUT2D eigenvalue weighted by atomic mass is 16.3. The van der Waals surface area contributed by atoms with E-state index >= 15 is 0 Å². The van der Waals surface area contributed by atoms with Gasteiger partial charge in [0.25, 0.3) is 0 Å². The third kappa shape index (κ3) is 1.23. The smallest absolute Gasteiger partial charge is 0.111 e. The van der Waals surface area contributed by atoms with Gasteiger partial charge in [-0.2, -0.15) is 0 Å². The van der Waals surface area contributed by atoms with Crippen LogP contribution in [0.25, 0.3) is 0 Å². The predicted octanol–water partition coefficient (Wildman–Crippen LogP) is -0.670. The molecule has 0 aromatic carbocycles. The normalized spacial score (nSPS) is 34.2. The van der Waals surface area contributed by atoms with Crippen molar-refractivity contribution in [2.24, 2.45) is 0 Å². The number of allylic oxidation sites excluding steroid dienone is 2. The Kier molecular flexibility index (Phi) is 1.74. The first-order valence-electron chi connectivity index (χ1n) is 2.72. The molecule has 2 nitrogen and oxygen atoms in total. The second-order valence-electron chi connectivity index (χ2n) is 1.99. The third-order valence-electron chi connectivity index (χ3n) is 1.26. The SMILES string of the molecule is [B]C1=CC=CC(O)C1O. The first-order valence-corrected chi connectivity index (χ1v) is 2.72. The number of hydrogen-bond donors (Lipinski definition) is 2. The summed E-state index contributed by atoms with van der Waals surface area (Å²) in [6, 6.07) is 0. The van der Waals surface area contributed by atoms with Gasteiger partial charge in [-0.25, -0.2) is 0 Å². The predicted molar refractivity (Wildman–Crippen MR) is 35.0 cm³/mol. The molecule has 3 heteroatoms. The second kappa shape index (κ2) is 2.37. The van der Waals surface area contributed by atoms with E-state index in [0.717, 1.165) is 0 Å². The Morgan fingerprint density at radius 1 is 1.44 bits per heavy atom. The van der Waals surface area contributed by atoms with Crippen molar-refractivity contribution in [3.8, 4) is 0 Å². The molecule has 1 rings (SSSR count). The van der Waals surface area contributed by atoms with Gasteiger partial charge in [-0.05, 0) is 0 Å². The lowest BCUT2D eigenvalue weighted by Gasteiger charge is -2.18. The Labute approximate surface area is 54.9 Å². The molecule has 0 aliphatic heterocycles. The second-order valence-corrected chi connectivity index (χ2v) is 1.99. The van der Waals surface area contributed by atoms with E-state index in [9.17, 15) is 0 Å². The van der Waals surface area contributed by atoms with Crippen LogP contribution in [0.5, 0.6) is 0 Å². The van der Waals surface area contributed by atoms with Crippen molar-refractivity contribution in [3.05, 3.63) is 23.7 Å². The molecule has 0 aromatic heterocycles. The van der Waals surface area contributed by atoms with Gasteiger partial charge in [0, 0.05) is 0 Å². The molecule has 46 valence electrons. The summed E-state index contributed by atoms with van der Waals surface area (Å²) >= 11 is 0. The summed E-state index contributed by atoms with van der Waals surface area (Å²) in [6.07, 6.45) is 2.91. The van der Waals surface area contributed by atoms with Crippen molar-refractivity contribution in [3.63, 3.8) is 0 Å². The molecule has 0 heterocycles. The van der Waals surface area contributed by atoms with Crippen LogP contribution in [0.15, 0.2) is 23.7 Å². The minimum absolute atomic E-state index is 0.310. The van der Waals surface area contributed by atoms with Gasteiger partial charge in [0.1, 0.15) is 14.0 Å². The van der Waals surface area contributed by atoms with Crippen LogP contribution >= 0.6 is 0 Å². The first kappa shape index (κ1) is 6.58. The largest absolute Gasteiger partial charge is 0.387 e. The Morgan fingerprint density at radius 3 is 2.56 bits per heavy atom. The zero-order valence-corrected chi connectivity index (χ0v) is 4.86. The van der Waals surface area contributed by atoms with Crippen LogP contribution in [0.1, 0.15) is 0 Å². The standard InChI is InChI=1S/C6H7BO2/c7-4-2-1-3-5(8)6(4)9/h1-3,5-6,8-9H. The maximum absolute atomic E-state index is 8.95. The molecule has 0 spiro atoms. The highest BCUT2D eigenvalue weighted by Crippen LogP contribution is 2.09. The van der Waals surface area contributed by atoms with Crippen molar-refractivity contribution in [2.45, 2.75) is 12.2 Å². The quantitative estimate of drug-likeness (QED) is 0.418. The van der Waals surface area contributed by atoms with Gasteiger partial charge >= 0.3 is 0 Å². The van der Waals surface area contributed by atoms with E-state index in [1.165, 1.54) is 6.08 Å². The van der Waals surface area contributed by atoms with Gasteiger partial charge in [0.15, 0.2) is 0 Å². The molecular weight excluding hydrogens is 115 g/mol. The highest BCUT2D eigenvalue weighted by molar-refractivity contribution is 6.22. The van der Waals surface area contributed by atoms with E-state index in [-0.39, 0.29) is 0 Å². The monoisotopic (exact) mass is 122 g/mol. The van der Waals surface area contributed by atoms with E-state index in [4.69, 9.17) is 18.1 Å². The van der Waals surface area contributed by atoms with E-state index < -0.39 is 12.2 Å². The molecule has 2 N–H and O–H groups in total. The molecule has 0 amide bonds. The summed E-state index contributed by atoms with van der Waals surface area (Å²) in [5.74, 6) is 0. The molecule has 1 aliphatic rings. The van der Waals surface area contributed by atoms with Crippen molar-refractivity contribution in [2.75, 3.05) is 0 Å². The Morgan fingerprint density at radius 2 is 2.11 bits per heavy atom. The summed E-state index contributed by atoms with van der Waals surface area (Å²) in [5.41, 5.74) is 0.310. The zero-order valence-electron chi connectivity index (χ0n) is 4.86. The van der Waals surface area contributed by atoms with Gasteiger partial charge < -0.3 is 10.2 Å². The Balaban J connectivity index is 2.73. The number of aliphatic hydroxyl groups excluding tert-OH is 2. The van der Waals surface area contributed by atoms with E-state index in [1.807, 2.05) is 0 Å². The van der Waals surface area contributed by atoms with Crippen molar-refractivity contribution < 1.29 is 10.2 Å². The average Bonchev–Trinajstić information content (AvgIpc) is 1.83. The van der Waals surface area contributed by atoms with Crippen LogP contribution in [-0.2, 0) is 0 Å². The maximum atomic E-state index is 8.95. The van der Waals surface area contributed by atoms with E-state index in [2.05, 4.69) is 0 Å². The van der Waals surface area contributed by atoms with Gasteiger partial charge in [-0.3, -0.25) is 0 Å². The molecule has 0 saturated heterocycles. The number of rotatable bonds is 0. The Hall–Kier alpha value is -0.535. The van der Waals surface area contributed by atoms with Crippen LogP contribution in [0.4, 0.5) is 0 Å². The lowest BCUT2D eigenvalue weighted by Crippen LogP contribution is -2.27. The average molecular weight is 122 g/mol. The summed E-state index contributed by atoms with van der Waals surface area (Å²) in [5, 5.41) is 17.8. The van der Waals surface area contributed by atoms with Crippen LogP contribution in [0.3, 0.4) is 0 Å². The summed E-state index contributed by atoms with van der Waals surface area (Å²) in [4.78, 5) is 0. The molecule has 0 bridgehead atoms. The van der Waals surface area contributed by atoms with Crippen LogP contribution in [-0.4, -0.2) is 30.3 Å². The van der Waals surface area contributed by atoms with Crippen LogP contribution in [0.2, 0.25) is 0 Å². The zero-order chi connectivity index (χ0) is 6.85. The third-order valence-corrected chi connectivity index (χ3v) is 1.26. The van der Waals surface area contributed by atoms with Gasteiger partial charge in [0.2, 0.25) is 0 Å². The molecule has 9 heavy (non-hydrogen) atoms. The molecule has 0 aromatic rings. The van der Waals surface area contributed by atoms with E-state index in [0.29, 0.717) is 5.47 Å². The minimum Gasteiger partial charge on any atom is -0.387 e. The summed E-state index contributed by atoms with van der Waals surface area (Å²) in [7, 11) is 5.27. The molecule has 2 unspecified atom stereocenters. The van der Waals surface area contributed by atoms with Gasteiger partial charge in [-0.1, -0.05) is 23.7 Å². The van der Waals surface area contributed by atoms with Crippen molar-refractivity contribution in [1.82, 2.24) is 0 Å². The van der Waals surface area contributed by atoms with Crippen LogP contribution < -0.4 is 0 Å². The van der Waals surface area contributed by atoms with E-state index in [1.54, 1.807) is 12.2 Å². The fourth-order valence-electron chi connectivity index (χ4n) is 0.682. The maximum Gasteiger partial charge on any atom is 0.111 e. The fraction of sp³-hybridized carbons (Fsp3) is 0.333. The molecule has 0 saturated carbocycles. The summed E-state index contributed by atoms with van der Waals surface area (Å²) < 4.78 is 0. The van der Waals surface area contributed by atoms with Crippen molar-refractivity contribution >= 4 is 7.85 Å². The number of hydrogen-bond acceptors (Lipinski definition) is 2. The lowest BCUT2D eigenvalue weighted by molar-refractivity contribution is 0.0763. The summed E-state index contributed by atoms with van der Waals surface area (Å²) in [6.45, 7) is 0. The van der Waals surface area contributed by atoms with Crippen molar-refractivity contribution in [1.29, 1.82) is 0 Å². The molecule has 2 radical (unpaired) electrons. The van der Waals surface area contributed by atoms with Gasteiger partial charge in [0.05, 0.1) is 6.10 Å². The minimum atomic E-state index is -0.921. The number of aliphatic hydroxyl groups is 2. The first-order chi connectivity index (χ1) is 4.22. The molecule has 0 fully saturated rings. The Bertz CT molecular complexity index is 162. The fourth-order valence-corrected chi connectivity index (χ4v) is 0.682. The topological polar surface area (TPSA) is 40.5 Å². The molecule has 1 aliphatic carbocycles. The lowest BCUT2D eigenvalue weighted by atomic mass is 9.84. The van der Waals surface area contributed by atoms with Crippen LogP contribution in [0, 0.1) is 0 Å². The molecule has 2 atom stereocenters.